The van der Waals surface area contributed by atoms with E-state index in [1.165, 1.54) is 78.1 Å². The molecule has 7 N–H and O–H groups in total. The molecule has 68 heavy (non-hydrogen) atoms. The van der Waals surface area contributed by atoms with Gasteiger partial charge in [-0.15, -0.1) is 0 Å². The third kappa shape index (κ3) is 24.6. The molecule has 3 rings (SSSR count). The molecule has 3 unspecified atom stereocenters. The van der Waals surface area contributed by atoms with Crippen molar-refractivity contribution in [2.24, 2.45) is 5.41 Å². The fraction of sp³-hybridized carbons (Fsp3) is 0.789. The van der Waals surface area contributed by atoms with Crippen LogP contribution in [0.1, 0.15) is 136 Å². The number of carbonyl (C=O) groups is 3. The number of hydrogen-bond acceptors (Lipinski definition) is 20. The Hall–Kier alpha value is -0.998. The predicted octanol–water partition coefficient (Wildman–Crippen LogP) is -6.65. The van der Waals surface area contributed by atoms with Gasteiger partial charge in [-0.1, -0.05) is 97.8 Å². The predicted molar refractivity (Wildman–Crippen MR) is 228 cm³/mol. The Balaban J connectivity index is 0.0000150. The molecule has 0 saturated carbocycles. The summed E-state index contributed by atoms with van der Waals surface area (Å²) in [5.41, 5.74) is 4.14. The Morgan fingerprint density at radius 1 is 0.838 bits per heavy atom. The monoisotopic (exact) mass is 1010 g/mol. The fourth-order valence-corrected chi connectivity index (χ4v) is 9.65. The molecule has 1 aliphatic rings. The number of ether oxygens (including phenoxy) is 1. The number of aromatic nitrogens is 4. The van der Waals surface area contributed by atoms with Crippen LogP contribution in [0.2, 0.25) is 0 Å². The maximum atomic E-state index is 12.6. The molecule has 0 aliphatic carbocycles. The van der Waals surface area contributed by atoms with Gasteiger partial charge in [0.05, 0.1) is 19.5 Å². The van der Waals surface area contributed by atoms with Crippen molar-refractivity contribution in [3.63, 3.8) is 0 Å². The van der Waals surface area contributed by atoms with Crippen LogP contribution < -0.4 is 87.6 Å². The summed E-state index contributed by atoms with van der Waals surface area (Å²) in [6, 6.07) is 0. The summed E-state index contributed by atoms with van der Waals surface area (Å²) >= 11 is 0. The Labute approximate surface area is 433 Å². The average Bonchev–Trinajstić information content (AvgIpc) is 3.79. The van der Waals surface area contributed by atoms with Gasteiger partial charge in [0.1, 0.15) is 42.0 Å². The number of nitrogens with one attached hydrogen (secondary N) is 2. The maximum Gasteiger partial charge on any atom is 1.00 e. The van der Waals surface area contributed by atoms with E-state index in [1.807, 2.05) is 0 Å². The van der Waals surface area contributed by atoms with Crippen molar-refractivity contribution in [2.75, 3.05) is 32.0 Å². The summed E-state index contributed by atoms with van der Waals surface area (Å²) in [5.74, 6) is -1.33. The molecule has 2 amide bonds. The van der Waals surface area contributed by atoms with Crippen molar-refractivity contribution in [3.8, 4) is 0 Å². The van der Waals surface area contributed by atoms with Gasteiger partial charge in [-0.2, -0.15) is 0 Å². The number of carbonyl (C=O) groups excluding carboxylic acids is 3. The maximum absolute atomic E-state index is 12.6. The number of fused-ring (bicyclic) bond motifs is 1. The third-order valence-electron chi connectivity index (χ3n) is 10.6. The van der Waals surface area contributed by atoms with Crippen molar-refractivity contribution in [3.05, 3.63) is 12.7 Å². The molecule has 0 spiro atoms. The normalized spacial score (nSPS) is 20.1. The molecular weight excluding hydrogens is 940 g/mol. The number of nitrogens with zero attached hydrogens (tertiary/aromatic N) is 4. The van der Waals surface area contributed by atoms with E-state index >= 15 is 0 Å². The van der Waals surface area contributed by atoms with E-state index in [-0.39, 0.29) is 98.9 Å². The summed E-state index contributed by atoms with van der Waals surface area (Å²) < 4.78 is 61.1. The van der Waals surface area contributed by atoms with Gasteiger partial charge < -0.3 is 64.5 Å². The first-order valence-corrected chi connectivity index (χ1v) is 26.3. The number of phosphoric ester groups is 3. The second-order valence-corrected chi connectivity index (χ2v) is 20.7. The van der Waals surface area contributed by atoms with Crippen LogP contribution in [0.3, 0.4) is 0 Å². The van der Waals surface area contributed by atoms with Crippen LogP contribution in [0.5, 0.6) is 0 Å². The van der Waals surface area contributed by atoms with E-state index in [9.17, 15) is 57.9 Å². The Bertz CT molecular complexity index is 1970. The number of anilines is 1. The number of aliphatic hydroxyl groups is 2. The fourth-order valence-electron chi connectivity index (χ4n) is 6.90. The number of nitrogen functional groups attached to an aromatic ring is 1. The molecular formula is C38H65Li3N7O17P3. The standard InChI is InChI=1S/C38H68N7O17P3.3Li/c1-4-5-6-7-8-9-10-11-12-13-14-15-16-18-27(46)19-17-21-40-29(47)20-22-41-36(50)33(49)38(2,3)24-59-65(56,57)62-64(54,55)58-23-28-32(61-63(51,52)53)31(48)37(60-28)45-26-44-30-34(39)42-25-43-35(30)45;;;/h25-26,28,31-33,37,48-49H,4-24H2,1-3H3,(H,40,47)(H,41,50)(H,54,55)(H,56,57)(H2,39,42,43)(H2,51,52,53);;;/q;3*+1/p-3/t28-,31-,32-,33+,37-;;;/m1.../s1. The van der Waals surface area contributed by atoms with Crippen LogP contribution in [-0.4, -0.2) is 103 Å². The number of Topliss-reactive ketones (excluding diaryl/α,β-unsaturated/α-hetero) is 1. The van der Waals surface area contributed by atoms with Crippen molar-refractivity contribution < 1.29 is 137 Å². The molecule has 0 aromatic carbocycles. The Morgan fingerprint density at radius 2 is 1.40 bits per heavy atom. The molecule has 2 aromatic heterocycles. The van der Waals surface area contributed by atoms with Gasteiger partial charge in [0, 0.05) is 37.8 Å². The van der Waals surface area contributed by atoms with Gasteiger partial charge in [0.15, 0.2) is 17.7 Å². The number of phosphoric acid groups is 3. The van der Waals surface area contributed by atoms with Crippen molar-refractivity contribution in [1.82, 2.24) is 30.2 Å². The molecule has 30 heteroatoms. The summed E-state index contributed by atoms with van der Waals surface area (Å²) in [4.78, 5) is 94.8. The van der Waals surface area contributed by atoms with Crippen molar-refractivity contribution in [2.45, 2.75) is 161 Å². The number of imidazole rings is 1. The van der Waals surface area contributed by atoms with Crippen molar-refractivity contribution >= 4 is 58.0 Å². The van der Waals surface area contributed by atoms with Crippen LogP contribution in [0.15, 0.2) is 12.7 Å². The van der Waals surface area contributed by atoms with Gasteiger partial charge in [-0.05, 0) is 12.8 Å². The van der Waals surface area contributed by atoms with Gasteiger partial charge in [0.2, 0.25) is 11.8 Å². The molecule has 0 bridgehead atoms. The summed E-state index contributed by atoms with van der Waals surface area (Å²) in [6.45, 7) is 2.51. The summed E-state index contributed by atoms with van der Waals surface area (Å²) in [7, 11) is -17.3. The van der Waals surface area contributed by atoms with Crippen molar-refractivity contribution in [1.29, 1.82) is 0 Å². The molecule has 1 fully saturated rings. The number of unbranched alkanes of at least 4 members (excludes halogenated alkanes) is 12. The van der Waals surface area contributed by atoms with Crippen LogP contribution in [0.25, 0.3) is 11.2 Å². The molecule has 1 saturated heterocycles. The number of rotatable bonds is 34. The van der Waals surface area contributed by atoms with Gasteiger partial charge in [0.25, 0.3) is 23.5 Å². The van der Waals surface area contributed by atoms with Crippen LogP contribution in [0, 0.1) is 5.41 Å². The third-order valence-corrected chi connectivity index (χ3v) is 13.6. The van der Waals surface area contributed by atoms with Crippen LogP contribution in [0.4, 0.5) is 5.82 Å². The minimum absolute atomic E-state index is 0. The zero-order chi connectivity index (χ0) is 48.3. The summed E-state index contributed by atoms with van der Waals surface area (Å²) in [5, 5.41) is 26.5. The Kier molecular flexibility index (Phi) is 32.5. The molecule has 24 nitrogen and oxygen atoms in total. The minimum atomic E-state index is -5.90. The molecule has 372 valence electrons. The first kappa shape index (κ1) is 67.0. The molecule has 2 aromatic rings. The van der Waals surface area contributed by atoms with E-state index in [0.29, 0.717) is 19.3 Å². The summed E-state index contributed by atoms with van der Waals surface area (Å²) in [6.07, 6.45) is 9.93. The van der Waals surface area contributed by atoms with Crippen LogP contribution >= 0.6 is 23.5 Å². The first-order valence-electron chi connectivity index (χ1n) is 21.9. The topological polar surface area (TPSA) is 372 Å². The van der Waals surface area contributed by atoms with Gasteiger partial charge >= 0.3 is 56.6 Å². The molecule has 1 aliphatic heterocycles. The second kappa shape index (κ2) is 32.9. The first-order chi connectivity index (χ1) is 30.6. The smallest absolute Gasteiger partial charge is 0.756 e. The number of hydrogen-bond donors (Lipinski definition) is 6. The number of amides is 2. The zero-order valence-corrected chi connectivity index (χ0v) is 42.8. The van der Waals surface area contributed by atoms with Gasteiger partial charge in [-0.3, -0.25) is 32.6 Å². The number of nitrogens with two attached hydrogens (primary N) is 1. The van der Waals surface area contributed by atoms with Gasteiger partial charge in [-0.25, -0.2) is 19.3 Å². The zero-order valence-electron chi connectivity index (χ0n) is 40.2. The van der Waals surface area contributed by atoms with E-state index in [4.69, 9.17) is 10.5 Å². The molecule has 0 radical (unpaired) electrons. The molecule has 3 heterocycles. The molecule has 8 atom stereocenters. The Morgan fingerprint density at radius 3 is 1.99 bits per heavy atom. The van der Waals surface area contributed by atoms with E-state index in [1.54, 1.807) is 0 Å². The second-order valence-electron chi connectivity index (χ2n) is 16.6. The SMILES string of the molecule is CCCCCCCCCCCCCCCC(=O)CCCNC(=O)CCNC(=O)[C@H](O)C(C)(C)COP(=O)([O-])OP(=O)([O-])OC[C@H]1O[C@@H](n2cnc3c(N)ncnc32)[C@H](O)[C@@H]1OP(=O)([O-])O.[Li+].[Li+].[Li+]. The number of ketones is 1. The quantitative estimate of drug-likeness (QED) is 0.0216. The number of aliphatic hydroxyl groups excluding tert-OH is 2. The van der Waals surface area contributed by atoms with E-state index in [2.05, 4.69) is 50.4 Å². The van der Waals surface area contributed by atoms with Crippen LogP contribution in [-0.2, 0) is 50.7 Å². The minimum Gasteiger partial charge on any atom is -0.756 e. The van der Waals surface area contributed by atoms with E-state index < -0.39 is 84.6 Å². The van der Waals surface area contributed by atoms with E-state index in [0.717, 1.165) is 36.5 Å². The average molecular weight is 1010 g/mol. The largest absolute Gasteiger partial charge is 1.00 e.